The SMILES string of the molecule is CCOc1ccc(NC(CC(=O)c2ccc3ccccc3c2)c2ccc(Cl)cc2)cc1. The van der Waals surface area contributed by atoms with Gasteiger partial charge >= 0.3 is 0 Å². The number of carbonyl (C=O) groups is 1. The maximum absolute atomic E-state index is 13.2. The Kier molecular flexibility index (Phi) is 6.54. The van der Waals surface area contributed by atoms with Gasteiger partial charge in [-0.1, -0.05) is 60.1 Å². The Labute approximate surface area is 187 Å². The fraction of sp³-hybridized carbons (Fsp3) is 0.148. The first kappa shape index (κ1) is 21.0. The second-order valence-corrected chi connectivity index (χ2v) is 7.83. The first-order valence-electron chi connectivity index (χ1n) is 10.4. The maximum atomic E-state index is 13.2. The number of rotatable bonds is 8. The Balaban J connectivity index is 1.58. The fourth-order valence-electron chi connectivity index (χ4n) is 3.63. The minimum atomic E-state index is -0.186. The van der Waals surface area contributed by atoms with Crippen LogP contribution >= 0.6 is 11.6 Å². The van der Waals surface area contributed by atoms with Gasteiger partial charge < -0.3 is 10.1 Å². The Hall–Kier alpha value is -3.30. The smallest absolute Gasteiger partial charge is 0.165 e. The molecule has 1 unspecified atom stereocenters. The summed E-state index contributed by atoms with van der Waals surface area (Å²) in [4.78, 5) is 13.2. The van der Waals surface area contributed by atoms with Gasteiger partial charge in [-0.2, -0.15) is 0 Å². The molecule has 0 amide bonds. The molecular formula is C27H24ClNO2. The molecule has 4 rings (SSSR count). The van der Waals surface area contributed by atoms with Gasteiger partial charge in [-0.3, -0.25) is 4.79 Å². The quantitative estimate of drug-likeness (QED) is 0.298. The lowest BCUT2D eigenvalue weighted by Gasteiger charge is -2.20. The van der Waals surface area contributed by atoms with E-state index < -0.39 is 0 Å². The summed E-state index contributed by atoms with van der Waals surface area (Å²) in [5, 5.41) is 6.36. The largest absolute Gasteiger partial charge is 0.494 e. The van der Waals surface area contributed by atoms with Crippen LogP contribution in [0.4, 0.5) is 5.69 Å². The molecule has 4 aromatic rings. The van der Waals surface area contributed by atoms with Gasteiger partial charge in [-0.25, -0.2) is 0 Å². The Morgan fingerprint density at radius 1 is 0.903 bits per heavy atom. The molecule has 3 nitrogen and oxygen atoms in total. The van der Waals surface area contributed by atoms with Crippen LogP contribution in [-0.2, 0) is 0 Å². The van der Waals surface area contributed by atoms with Crippen molar-refractivity contribution in [3.8, 4) is 5.75 Å². The van der Waals surface area contributed by atoms with Crippen LogP contribution in [0.2, 0.25) is 5.02 Å². The second-order valence-electron chi connectivity index (χ2n) is 7.40. The van der Waals surface area contributed by atoms with E-state index in [1.807, 2.05) is 97.9 Å². The van der Waals surface area contributed by atoms with Crippen molar-refractivity contribution in [1.29, 1.82) is 0 Å². The number of nitrogens with one attached hydrogen (secondary N) is 1. The molecule has 0 radical (unpaired) electrons. The van der Waals surface area contributed by atoms with Crippen LogP contribution < -0.4 is 10.1 Å². The molecule has 0 spiro atoms. The number of Topliss-reactive ketones (excluding diaryl/α,β-unsaturated/α-hetero) is 1. The molecular weight excluding hydrogens is 406 g/mol. The highest BCUT2D eigenvalue weighted by Crippen LogP contribution is 2.27. The molecule has 31 heavy (non-hydrogen) atoms. The van der Waals surface area contributed by atoms with E-state index in [4.69, 9.17) is 16.3 Å². The van der Waals surface area contributed by atoms with E-state index >= 15 is 0 Å². The van der Waals surface area contributed by atoms with Crippen molar-refractivity contribution < 1.29 is 9.53 Å². The summed E-state index contributed by atoms with van der Waals surface area (Å²) in [6, 6.07) is 29.2. The van der Waals surface area contributed by atoms with Gasteiger partial charge in [0.15, 0.2) is 5.78 Å². The summed E-state index contributed by atoms with van der Waals surface area (Å²) in [5.41, 5.74) is 2.65. The Morgan fingerprint density at radius 3 is 2.32 bits per heavy atom. The zero-order chi connectivity index (χ0) is 21.6. The average molecular weight is 430 g/mol. The van der Waals surface area contributed by atoms with E-state index in [1.54, 1.807) is 0 Å². The minimum Gasteiger partial charge on any atom is -0.494 e. The summed E-state index contributed by atoms with van der Waals surface area (Å²) in [6.45, 7) is 2.58. The predicted octanol–water partition coefficient (Wildman–Crippen LogP) is 7.32. The fourth-order valence-corrected chi connectivity index (χ4v) is 3.75. The van der Waals surface area contributed by atoms with Crippen molar-refractivity contribution in [1.82, 2.24) is 0 Å². The first-order valence-corrected chi connectivity index (χ1v) is 10.8. The molecule has 0 bridgehead atoms. The lowest BCUT2D eigenvalue weighted by atomic mass is 9.96. The number of carbonyl (C=O) groups excluding carboxylic acids is 1. The summed E-state index contributed by atoms with van der Waals surface area (Å²) < 4.78 is 5.52. The lowest BCUT2D eigenvalue weighted by Crippen LogP contribution is -2.16. The highest BCUT2D eigenvalue weighted by molar-refractivity contribution is 6.30. The third-order valence-corrected chi connectivity index (χ3v) is 5.49. The number of benzene rings is 4. The normalized spacial score (nSPS) is 11.8. The molecule has 0 saturated heterocycles. The zero-order valence-electron chi connectivity index (χ0n) is 17.3. The molecule has 0 aliphatic rings. The number of ether oxygens (including phenoxy) is 1. The van der Waals surface area contributed by atoms with Crippen molar-refractivity contribution in [2.24, 2.45) is 0 Å². The van der Waals surface area contributed by atoms with Gasteiger partial charge in [-0.05, 0) is 65.7 Å². The van der Waals surface area contributed by atoms with Crippen LogP contribution in [0.25, 0.3) is 10.8 Å². The van der Waals surface area contributed by atoms with Crippen molar-refractivity contribution in [3.05, 3.63) is 107 Å². The monoisotopic (exact) mass is 429 g/mol. The number of halogens is 1. The molecule has 0 heterocycles. The Bertz CT molecular complexity index is 1170. The van der Waals surface area contributed by atoms with Gasteiger partial charge in [-0.15, -0.1) is 0 Å². The highest BCUT2D eigenvalue weighted by Gasteiger charge is 2.18. The van der Waals surface area contributed by atoms with Gasteiger partial charge in [0.05, 0.1) is 12.6 Å². The topological polar surface area (TPSA) is 38.3 Å². The molecule has 0 saturated carbocycles. The van der Waals surface area contributed by atoms with Crippen molar-refractivity contribution in [3.63, 3.8) is 0 Å². The van der Waals surface area contributed by atoms with Crippen molar-refractivity contribution in [2.45, 2.75) is 19.4 Å². The number of ketones is 1. The van der Waals surface area contributed by atoms with E-state index in [0.717, 1.165) is 27.8 Å². The van der Waals surface area contributed by atoms with E-state index in [0.29, 0.717) is 23.6 Å². The van der Waals surface area contributed by atoms with Gasteiger partial charge in [0, 0.05) is 22.7 Å². The number of fused-ring (bicyclic) bond motifs is 1. The Morgan fingerprint density at radius 2 is 1.61 bits per heavy atom. The third kappa shape index (κ3) is 5.25. The molecule has 0 aliphatic carbocycles. The molecule has 0 aliphatic heterocycles. The molecule has 4 aromatic carbocycles. The zero-order valence-corrected chi connectivity index (χ0v) is 18.1. The minimum absolute atomic E-state index is 0.0872. The molecule has 1 N–H and O–H groups in total. The summed E-state index contributed by atoms with van der Waals surface area (Å²) in [7, 11) is 0. The van der Waals surface area contributed by atoms with Crippen molar-refractivity contribution in [2.75, 3.05) is 11.9 Å². The maximum Gasteiger partial charge on any atom is 0.165 e. The van der Waals surface area contributed by atoms with Crippen LogP contribution in [0.1, 0.15) is 35.3 Å². The van der Waals surface area contributed by atoms with Crippen LogP contribution in [0.5, 0.6) is 5.75 Å². The number of hydrogen-bond donors (Lipinski definition) is 1. The molecule has 0 fully saturated rings. The number of anilines is 1. The summed E-state index contributed by atoms with van der Waals surface area (Å²) >= 11 is 6.08. The molecule has 4 heteroatoms. The third-order valence-electron chi connectivity index (χ3n) is 5.24. The standard InChI is InChI=1S/C27H24ClNO2/c1-2-31-25-15-13-24(14-16-25)29-26(20-9-11-23(28)12-10-20)18-27(30)22-8-7-19-5-3-4-6-21(19)17-22/h3-17,26,29H,2,18H2,1H3. The van der Waals surface area contributed by atoms with Crippen LogP contribution in [-0.4, -0.2) is 12.4 Å². The second kappa shape index (κ2) is 9.67. The molecule has 156 valence electrons. The summed E-state index contributed by atoms with van der Waals surface area (Å²) in [6.07, 6.45) is 0.327. The lowest BCUT2D eigenvalue weighted by molar-refractivity contribution is 0.0976. The van der Waals surface area contributed by atoms with Crippen molar-refractivity contribution >= 4 is 33.8 Å². The molecule has 0 aromatic heterocycles. The average Bonchev–Trinajstić information content (AvgIpc) is 2.80. The van der Waals surface area contributed by atoms with Gasteiger partial charge in [0.2, 0.25) is 0 Å². The van der Waals surface area contributed by atoms with Gasteiger partial charge in [0.25, 0.3) is 0 Å². The number of hydrogen-bond acceptors (Lipinski definition) is 3. The van der Waals surface area contributed by atoms with E-state index in [9.17, 15) is 4.79 Å². The summed E-state index contributed by atoms with van der Waals surface area (Å²) in [5.74, 6) is 0.910. The van der Waals surface area contributed by atoms with Crippen LogP contribution in [0, 0.1) is 0 Å². The molecule has 1 atom stereocenters. The van der Waals surface area contributed by atoms with E-state index in [-0.39, 0.29) is 11.8 Å². The highest BCUT2D eigenvalue weighted by atomic mass is 35.5. The van der Waals surface area contributed by atoms with Crippen LogP contribution in [0.15, 0.2) is 91.0 Å². The van der Waals surface area contributed by atoms with Gasteiger partial charge in [0.1, 0.15) is 5.75 Å². The van der Waals surface area contributed by atoms with Crippen LogP contribution in [0.3, 0.4) is 0 Å². The predicted molar refractivity (Wildman–Crippen MR) is 128 cm³/mol. The van der Waals surface area contributed by atoms with E-state index in [1.165, 1.54) is 0 Å². The van der Waals surface area contributed by atoms with E-state index in [2.05, 4.69) is 5.32 Å². The first-order chi connectivity index (χ1) is 15.1.